The molecule has 2 N–H and O–H groups in total. The summed E-state index contributed by atoms with van der Waals surface area (Å²) in [7, 11) is 0. The highest BCUT2D eigenvalue weighted by Crippen LogP contribution is 2.26. The molecule has 0 saturated heterocycles. The predicted molar refractivity (Wildman–Crippen MR) is 108 cm³/mol. The Hall–Kier alpha value is -2.70. The Morgan fingerprint density at radius 2 is 1.81 bits per heavy atom. The highest BCUT2D eigenvalue weighted by molar-refractivity contribution is 6.40. The molecule has 2 aromatic heterocycles. The summed E-state index contributed by atoms with van der Waals surface area (Å²) in [6.45, 7) is 3.90. The van der Waals surface area contributed by atoms with Crippen molar-refractivity contribution >= 4 is 46.4 Å². The van der Waals surface area contributed by atoms with Crippen LogP contribution in [0.1, 0.15) is 28.8 Å². The molecular formula is C19H17Cl2N5O. The molecule has 0 bridgehead atoms. The van der Waals surface area contributed by atoms with Crippen LogP contribution in [-0.2, 0) is 6.42 Å². The third-order valence-electron chi connectivity index (χ3n) is 3.68. The number of nitrogens with zero attached hydrogens (tertiary/aromatic N) is 3. The Morgan fingerprint density at radius 3 is 2.52 bits per heavy atom. The van der Waals surface area contributed by atoms with E-state index in [1.165, 1.54) is 0 Å². The molecule has 0 aliphatic rings. The summed E-state index contributed by atoms with van der Waals surface area (Å²) in [5, 5.41) is 6.49. The monoisotopic (exact) mass is 401 g/mol. The molecule has 3 aromatic rings. The molecule has 2 heterocycles. The van der Waals surface area contributed by atoms with Gasteiger partial charge in [0.1, 0.15) is 17.5 Å². The van der Waals surface area contributed by atoms with Gasteiger partial charge in [0.25, 0.3) is 5.91 Å². The van der Waals surface area contributed by atoms with Crippen LogP contribution in [-0.4, -0.2) is 20.9 Å². The normalized spacial score (nSPS) is 10.5. The zero-order valence-corrected chi connectivity index (χ0v) is 16.3. The summed E-state index contributed by atoms with van der Waals surface area (Å²) < 4.78 is 0. The molecule has 0 fully saturated rings. The zero-order valence-electron chi connectivity index (χ0n) is 14.8. The van der Waals surface area contributed by atoms with Crippen molar-refractivity contribution in [2.75, 3.05) is 10.6 Å². The Balaban J connectivity index is 1.80. The number of nitrogens with one attached hydrogen (secondary N) is 2. The summed E-state index contributed by atoms with van der Waals surface area (Å²) in [6, 6.07) is 10.1. The molecule has 138 valence electrons. The zero-order chi connectivity index (χ0) is 19.4. The fraction of sp³-hybridized carbons (Fsp3) is 0.158. The molecule has 1 amide bonds. The van der Waals surface area contributed by atoms with Crippen molar-refractivity contribution in [3.63, 3.8) is 0 Å². The number of anilines is 3. The van der Waals surface area contributed by atoms with E-state index in [0.717, 1.165) is 17.9 Å². The third kappa shape index (κ3) is 4.72. The average molecular weight is 402 g/mol. The van der Waals surface area contributed by atoms with Gasteiger partial charge in [-0.2, -0.15) is 0 Å². The molecule has 8 heteroatoms. The maximum Gasteiger partial charge on any atom is 0.258 e. The van der Waals surface area contributed by atoms with Crippen molar-refractivity contribution in [3.05, 3.63) is 69.7 Å². The van der Waals surface area contributed by atoms with Crippen LogP contribution in [0.3, 0.4) is 0 Å². The first-order chi connectivity index (χ1) is 13.0. The maximum atomic E-state index is 12.5. The lowest BCUT2D eigenvalue weighted by Gasteiger charge is -2.11. The fourth-order valence-corrected chi connectivity index (χ4v) is 3.04. The van der Waals surface area contributed by atoms with Gasteiger partial charge in [0.2, 0.25) is 0 Å². The van der Waals surface area contributed by atoms with E-state index in [2.05, 4.69) is 25.6 Å². The maximum absolute atomic E-state index is 12.5. The molecular weight excluding hydrogens is 385 g/mol. The van der Waals surface area contributed by atoms with Gasteiger partial charge in [-0.3, -0.25) is 4.79 Å². The highest BCUT2D eigenvalue weighted by atomic mass is 35.5. The molecule has 0 radical (unpaired) electrons. The summed E-state index contributed by atoms with van der Waals surface area (Å²) in [5.74, 6) is 1.53. The fourth-order valence-electron chi connectivity index (χ4n) is 2.47. The van der Waals surface area contributed by atoms with E-state index in [9.17, 15) is 4.79 Å². The van der Waals surface area contributed by atoms with Gasteiger partial charge in [-0.15, -0.1) is 0 Å². The molecule has 0 spiro atoms. The second kappa shape index (κ2) is 8.33. The third-order valence-corrected chi connectivity index (χ3v) is 4.31. The number of carbonyl (C=O) groups is 1. The van der Waals surface area contributed by atoms with Gasteiger partial charge in [0.15, 0.2) is 0 Å². The van der Waals surface area contributed by atoms with Crippen LogP contribution in [0, 0.1) is 6.92 Å². The largest absolute Gasteiger partial charge is 0.325 e. The predicted octanol–water partition coefficient (Wildman–Crippen LogP) is 5.05. The molecule has 0 atom stereocenters. The Bertz CT molecular complexity index is 973. The minimum absolute atomic E-state index is 0.228. The van der Waals surface area contributed by atoms with Crippen LogP contribution >= 0.6 is 23.2 Å². The van der Waals surface area contributed by atoms with E-state index < -0.39 is 5.91 Å². The summed E-state index contributed by atoms with van der Waals surface area (Å²) >= 11 is 12.2. The number of hydrogen-bond acceptors (Lipinski definition) is 5. The van der Waals surface area contributed by atoms with E-state index in [-0.39, 0.29) is 15.6 Å². The van der Waals surface area contributed by atoms with Gasteiger partial charge in [0, 0.05) is 36.1 Å². The number of amides is 1. The number of aromatic nitrogens is 3. The smallest absolute Gasteiger partial charge is 0.258 e. The first-order valence-corrected chi connectivity index (χ1v) is 9.05. The summed E-state index contributed by atoms with van der Waals surface area (Å²) in [5.41, 5.74) is 1.64. The summed E-state index contributed by atoms with van der Waals surface area (Å²) in [4.78, 5) is 25.5. The Labute approximate surface area is 167 Å². The van der Waals surface area contributed by atoms with Crippen molar-refractivity contribution < 1.29 is 4.79 Å². The van der Waals surface area contributed by atoms with Gasteiger partial charge in [-0.05, 0) is 25.1 Å². The second-order valence-electron chi connectivity index (χ2n) is 5.77. The number of pyridine rings is 1. The second-order valence-corrected chi connectivity index (χ2v) is 6.58. The summed E-state index contributed by atoms with van der Waals surface area (Å²) in [6.07, 6.45) is 2.32. The Kier molecular flexibility index (Phi) is 5.88. The van der Waals surface area contributed by atoms with Crippen LogP contribution in [0.2, 0.25) is 10.0 Å². The number of rotatable bonds is 5. The van der Waals surface area contributed by atoms with Gasteiger partial charge in [0.05, 0.1) is 15.6 Å². The van der Waals surface area contributed by atoms with Crippen LogP contribution in [0.25, 0.3) is 0 Å². The van der Waals surface area contributed by atoms with Crippen molar-refractivity contribution in [2.45, 2.75) is 20.3 Å². The van der Waals surface area contributed by atoms with E-state index in [1.54, 1.807) is 36.5 Å². The van der Waals surface area contributed by atoms with E-state index in [4.69, 9.17) is 23.2 Å². The number of benzene rings is 1. The lowest BCUT2D eigenvalue weighted by atomic mass is 10.2. The SMILES string of the molecule is CCc1nc(C)cc(Nc2cc(NC(=O)c3c(Cl)cccc3Cl)ccn2)n1. The number of aryl methyl sites for hydroxylation is 2. The highest BCUT2D eigenvalue weighted by Gasteiger charge is 2.15. The first kappa shape index (κ1) is 19.1. The molecule has 0 aliphatic carbocycles. The molecule has 6 nitrogen and oxygen atoms in total. The van der Waals surface area contributed by atoms with Crippen LogP contribution in [0.4, 0.5) is 17.3 Å². The van der Waals surface area contributed by atoms with Crippen molar-refractivity contribution in [1.82, 2.24) is 15.0 Å². The average Bonchev–Trinajstić information content (AvgIpc) is 2.61. The molecule has 3 rings (SSSR count). The minimum atomic E-state index is -0.395. The topological polar surface area (TPSA) is 79.8 Å². The van der Waals surface area contributed by atoms with Crippen LogP contribution < -0.4 is 10.6 Å². The van der Waals surface area contributed by atoms with Crippen molar-refractivity contribution in [1.29, 1.82) is 0 Å². The van der Waals surface area contributed by atoms with Gasteiger partial charge in [-0.25, -0.2) is 15.0 Å². The number of hydrogen-bond donors (Lipinski definition) is 2. The van der Waals surface area contributed by atoms with Gasteiger partial charge >= 0.3 is 0 Å². The number of carbonyl (C=O) groups excluding carboxylic acids is 1. The molecule has 0 unspecified atom stereocenters. The Morgan fingerprint density at radius 1 is 1.07 bits per heavy atom. The quantitative estimate of drug-likeness (QED) is 0.625. The number of halogens is 2. The molecule has 0 saturated carbocycles. The van der Waals surface area contributed by atoms with Crippen molar-refractivity contribution in [3.8, 4) is 0 Å². The van der Waals surface area contributed by atoms with E-state index in [0.29, 0.717) is 17.3 Å². The van der Waals surface area contributed by atoms with Gasteiger partial charge in [-0.1, -0.05) is 36.2 Å². The molecule has 0 aliphatic heterocycles. The van der Waals surface area contributed by atoms with Crippen LogP contribution in [0.15, 0.2) is 42.6 Å². The van der Waals surface area contributed by atoms with Crippen molar-refractivity contribution in [2.24, 2.45) is 0 Å². The van der Waals surface area contributed by atoms with E-state index in [1.807, 2.05) is 19.9 Å². The lowest BCUT2D eigenvalue weighted by Crippen LogP contribution is -2.13. The first-order valence-electron chi connectivity index (χ1n) is 8.29. The molecule has 1 aromatic carbocycles. The lowest BCUT2D eigenvalue weighted by molar-refractivity contribution is 0.102. The van der Waals surface area contributed by atoms with Crippen LogP contribution in [0.5, 0.6) is 0 Å². The minimum Gasteiger partial charge on any atom is -0.325 e. The standard InChI is InChI=1S/C19H17Cl2N5O/c1-3-15-23-11(2)9-17(25-15)26-16-10-12(7-8-22-16)24-19(27)18-13(20)5-4-6-14(18)21/h4-10H,3H2,1-2H3,(H2,22,23,24,25,26,27). The molecule has 27 heavy (non-hydrogen) atoms. The van der Waals surface area contributed by atoms with Gasteiger partial charge < -0.3 is 10.6 Å². The van der Waals surface area contributed by atoms with E-state index >= 15 is 0 Å².